The van der Waals surface area contributed by atoms with Gasteiger partial charge in [0, 0.05) is 46.9 Å². The van der Waals surface area contributed by atoms with Gasteiger partial charge in [0.05, 0.1) is 6.54 Å². The minimum atomic E-state index is -0.395. The number of carbonyl (C=O) groups excluding carboxylic acids is 2. The van der Waals surface area contributed by atoms with Crippen LogP contribution in [0.1, 0.15) is 44.9 Å². The maximum Gasteiger partial charge on any atom is 0.220 e. The number of ketones is 2. The Morgan fingerprint density at radius 2 is 1.78 bits per heavy atom. The zero-order valence-corrected chi connectivity index (χ0v) is 18.0. The van der Waals surface area contributed by atoms with Gasteiger partial charge >= 0.3 is 0 Å². The van der Waals surface area contributed by atoms with Crippen molar-refractivity contribution in [1.82, 2.24) is 20.1 Å². The lowest BCUT2D eigenvalue weighted by Crippen LogP contribution is -2.46. The van der Waals surface area contributed by atoms with E-state index in [4.69, 9.17) is 11.6 Å². The van der Waals surface area contributed by atoms with Crippen LogP contribution in [0.15, 0.2) is 42.5 Å². The number of hydrogen-bond donors (Lipinski definition) is 1. The first-order valence-corrected chi connectivity index (χ1v) is 10.9. The number of nitrogens with one attached hydrogen (secondary N) is 1. The van der Waals surface area contributed by atoms with Crippen LogP contribution in [-0.2, 0) is 6.54 Å². The smallest absolute Gasteiger partial charge is 0.220 e. The summed E-state index contributed by atoms with van der Waals surface area (Å²) in [5.41, 5.74) is 0.578. The van der Waals surface area contributed by atoms with Crippen LogP contribution >= 0.6 is 11.6 Å². The average Bonchev–Trinajstić information content (AvgIpc) is 3.14. The second kappa shape index (κ2) is 8.33. The Bertz CT molecular complexity index is 1200. The molecule has 0 radical (unpaired) electrons. The molecule has 0 saturated carbocycles. The van der Waals surface area contributed by atoms with Gasteiger partial charge < -0.3 is 15.4 Å². The van der Waals surface area contributed by atoms with Crippen LogP contribution in [0.25, 0.3) is 0 Å². The van der Waals surface area contributed by atoms with Gasteiger partial charge in [-0.2, -0.15) is 0 Å². The summed E-state index contributed by atoms with van der Waals surface area (Å²) in [6.45, 7) is 2.41. The number of piperidine rings is 1. The summed E-state index contributed by atoms with van der Waals surface area (Å²) in [4.78, 5) is 32.5. The van der Waals surface area contributed by atoms with Crippen molar-refractivity contribution in [3.8, 4) is 0 Å². The summed E-state index contributed by atoms with van der Waals surface area (Å²) in [7, 11) is 0. The molecule has 0 unspecified atom stereocenters. The molecule has 1 aliphatic carbocycles. The number of pyridine rings is 1. The van der Waals surface area contributed by atoms with Crippen molar-refractivity contribution in [3.05, 3.63) is 75.3 Å². The van der Waals surface area contributed by atoms with Gasteiger partial charge in [-0.05, 0) is 25.0 Å². The van der Waals surface area contributed by atoms with Crippen LogP contribution in [0.2, 0.25) is 5.15 Å². The van der Waals surface area contributed by atoms with Crippen LogP contribution in [0.5, 0.6) is 0 Å². The third-order valence-electron chi connectivity index (χ3n) is 6.00. The maximum absolute atomic E-state index is 12.9. The SMILES string of the molecule is O=C1c2ccccc2C(=O)c2c1n[n+]([O-])n2CCNC1CCN(c2cccc(Cl)n2)CC1. The third-order valence-corrected chi connectivity index (χ3v) is 6.21. The zero-order valence-electron chi connectivity index (χ0n) is 17.2. The molecule has 1 aliphatic heterocycles. The molecule has 0 atom stereocenters. The number of carbonyl (C=O) groups is 2. The molecule has 2 aromatic heterocycles. The highest BCUT2D eigenvalue weighted by Gasteiger charge is 2.39. The van der Waals surface area contributed by atoms with Crippen LogP contribution in [-0.4, -0.2) is 52.0 Å². The molecule has 9 nitrogen and oxygen atoms in total. The van der Waals surface area contributed by atoms with Crippen molar-refractivity contribution in [3.63, 3.8) is 0 Å². The highest BCUT2D eigenvalue weighted by Crippen LogP contribution is 2.25. The van der Waals surface area contributed by atoms with E-state index in [-0.39, 0.29) is 35.3 Å². The van der Waals surface area contributed by atoms with Gasteiger partial charge in [-0.15, -0.1) is 4.68 Å². The largest absolute Gasteiger partial charge is 0.571 e. The van der Waals surface area contributed by atoms with Gasteiger partial charge in [-0.25, -0.2) is 4.98 Å². The molecule has 10 heteroatoms. The van der Waals surface area contributed by atoms with E-state index < -0.39 is 5.78 Å². The lowest BCUT2D eigenvalue weighted by atomic mass is 9.90. The summed E-state index contributed by atoms with van der Waals surface area (Å²) >= 11 is 5.99. The van der Waals surface area contributed by atoms with E-state index in [9.17, 15) is 14.8 Å². The highest BCUT2D eigenvalue weighted by molar-refractivity contribution is 6.29. The molecule has 164 valence electrons. The Labute approximate surface area is 189 Å². The molecule has 3 aromatic rings. The molecule has 1 aromatic carbocycles. The Morgan fingerprint density at radius 1 is 1.06 bits per heavy atom. The number of rotatable bonds is 5. The lowest BCUT2D eigenvalue weighted by molar-refractivity contribution is -0.749. The average molecular weight is 453 g/mol. The molecule has 0 bridgehead atoms. The molecule has 1 N–H and O–H groups in total. The quantitative estimate of drug-likeness (QED) is 0.278. The Kier molecular flexibility index (Phi) is 5.36. The zero-order chi connectivity index (χ0) is 22.2. The lowest BCUT2D eigenvalue weighted by Gasteiger charge is -2.33. The van der Waals surface area contributed by atoms with Crippen LogP contribution in [0.4, 0.5) is 5.82 Å². The van der Waals surface area contributed by atoms with Crippen molar-refractivity contribution in [2.75, 3.05) is 24.5 Å². The Hall–Kier alpha value is -3.30. The number of halogens is 1. The topological polar surface area (TPSA) is 107 Å². The Morgan fingerprint density at radius 3 is 2.50 bits per heavy atom. The fourth-order valence-corrected chi connectivity index (χ4v) is 4.52. The van der Waals surface area contributed by atoms with Gasteiger partial charge in [0.15, 0.2) is 5.69 Å². The van der Waals surface area contributed by atoms with E-state index in [1.165, 1.54) is 4.68 Å². The summed E-state index contributed by atoms with van der Waals surface area (Å²) in [6, 6.07) is 12.5. The predicted octanol–water partition coefficient (Wildman–Crippen LogP) is 1.60. The highest BCUT2D eigenvalue weighted by atomic mass is 35.5. The molecule has 0 amide bonds. The molecule has 1 saturated heterocycles. The predicted molar refractivity (Wildman–Crippen MR) is 117 cm³/mol. The summed E-state index contributed by atoms with van der Waals surface area (Å²) in [5.74, 6) is 0.130. The monoisotopic (exact) mass is 452 g/mol. The van der Waals surface area contributed by atoms with E-state index in [2.05, 4.69) is 20.3 Å². The van der Waals surface area contributed by atoms with Crippen molar-refractivity contribution in [1.29, 1.82) is 0 Å². The van der Waals surface area contributed by atoms with E-state index in [0.717, 1.165) is 31.7 Å². The second-order valence-electron chi connectivity index (χ2n) is 7.91. The molecule has 5 rings (SSSR count). The minimum absolute atomic E-state index is 0.0624. The number of benzene rings is 1. The van der Waals surface area contributed by atoms with Crippen molar-refractivity contribution < 1.29 is 14.5 Å². The van der Waals surface area contributed by atoms with E-state index in [0.29, 0.717) is 22.2 Å². The normalized spacial score (nSPS) is 16.2. The summed E-state index contributed by atoms with van der Waals surface area (Å²) in [5, 5.41) is 20.1. The molecule has 1 fully saturated rings. The molecular weight excluding hydrogens is 432 g/mol. The van der Waals surface area contributed by atoms with Gasteiger partial charge in [-0.1, -0.05) is 41.9 Å². The van der Waals surface area contributed by atoms with Crippen molar-refractivity contribution in [2.45, 2.75) is 25.4 Å². The van der Waals surface area contributed by atoms with E-state index in [1.807, 2.05) is 12.1 Å². The number of anilines is 1. The third kappa shape index (κ3) is 3.63. The minimum Gasteiger partial charge on any atom is -0.571 e. The van der Waals surface area contributed by atoms with Crippen LogP contribution in [0, 0.1) is 5.21 Å². The second-order valence-corrected chi connectivity index (χ2v) is 8.30. The first-order chi connectivity index (χ1) is 15.5. The fraction of sp³-hybridized carbons (Fsp3) is 0.318. The van der Waals surface area contributed by atoms with Gasteiger partial charge in [0.25, 0.3) is 0 Å². The number of nitrogens with zero attached hydrogens (tertiary/aromatic N) is 5. The molecule has 3 heterocycles. The maximum atomic E-state index is 12.9. The molecule has 0 spiro atoms. The van der Waals surface area contributed by atoms with Gasteiger partial charge in [-0.3, -0.25) is 9.59 Å². The van der Waals surface area contributed by atoms with E-state index in [1.54, 1.807) is 30.3 Å². The number of aromatic nitrogens is 4. The molecule has 32 heavy (non-hydrogen) atoms. The van der Waals surface area contributed by atoms with Crippen molar-refractivity contribution in [2.24, 2.45) is 0 Å². The van der Waals surface area contributed by atoms with Crippen LogP contribution < -0.4 is 15.2 Å². The molecule has 2 aliphatic rings. The first-order valence-electron chi connectivity index (χ1n) is 10.5. The number of hydrogen-bond acceptors (Lipinski definition) is 7. The van der Waals surface area contributed by atoms with Gasteiger partial charge in [0.2, 0.25) is 17.3 Å². The number of fused-ring (bicyclic) bond motifs is 2. The van der Waals surface area contributed by atoms with Crippen molar-refractivity contribution >= 4 is 29.0 Å². The summed E-state index contributed by atoms with van der Waals surface area (Å²) in [6.07, 6.45) is 1.83. The van der Waals surface area contributed by atoms with Gasteiger partial charge in [0.1, 0.15) is 11.0 Å². The first kappa shape index (κ1) is 20.6. The standard InChI is InChI=1S/C22H21ClN6O3/c23-17-6-3-7-18(25-17)27-11-8-14(9-12-27)24-10-13-28-20-19(26-29(28)32)21(30)15-4-1-2-5-16(15)22(20)31/h1-7,14,24H,8-13H2. The summed E-state index contributed by atoms with van der Waals surface area (Å²) < 4.78 is 1.24. The van der Waals surface area contributed by atoms with Crippen LogP contribution in [0.3, 0.4) is 0 Å². The molecular formula is C22H21ClN6O3. The van der Waals surface area contributed by atoms with E-state index >= 15 is 0 Å². The Balaban J connectivity index is 1.22. The fourth-order valence-electron chi connectivity index (χ4n) is 4.36.